The number of benzene rings is 1. The largest absolute Gasteiger partial charge is 0.483 e. The molecule has 0 amide bonds. The Balaban J connectivity index is 0.000000647. The van der Waals surface area contributed by atoms with Gasteiger partial charge in [-0.1, -0.05) is 26.0 Å². The molecule has 0 bridgehead atoms. The summed E-state index contributed by atoms with van der Waals surface area (Å²) in [5.74, 6) is 0. The van der Waals surface area contributed by atoms with Gasteiger partial charge in [0.25, 0.3) is 6.47 Å². The molecule has 1 atom stereocenters. The molecule has 1 saturated carbocycles. The summed E-state index contributed by atoms with van der Waals surface area (Å²) in [4.78, 5) is 10.9. The lowest BCUT2D eigenvalue weighted by Crippen LogP contribution is -2.29. The lowest BCUT2D eigenvalue weighted by Gasteiger charge is -2.26. The van der Waals surface area contributed by atoms with E-state index in [1.165, 1.54) is 24.8 Å². The van der Waals surface area contributed by atoms with E-state index >= 15 is 0 Å². The van der Waals surface area contributed by atoms with Crippen LogP contribution in [-0.4, -0.2) is 39.3 Å². The Bertz CT molecular complexity index is 621. The van der Waals surface area contributed by atoms with Gasteiger partial charge in [-0.2, -0.15) is 5.10 Å². The molecule has 1 unspecified atom stereocenters. The highest BCUT2D eigenvalue weighted by atomic mass is 16.3. The molecule has 1 heterocycles. The van der Waals surface area contributed by atoms with Crippen LogP contribution in [0.1, 0.15) is 38.7 Å². The van der Waals surface area contributed by atoms with Gasteiger partial charge in [0.15, 0.2) is 0 Å². The fraction of sp³-hybridized carbons (Fsp3) is 0.474. The summed E-state index contributed by atoms with van der Waals surface area (Å²) < 4.78 is 1.90. The molecule has 0 aliphatic heterocycles. The van der Waals surface area contributed by atoms with Crippen LogP contribution in [0.3, 0.4) is 0 Å². The first-order chi connectivity index (χ1) is 11.4. The third-order valence-corrected chi connectivity index (χ3v) is 4.70. The van der Waals surface area contributed by atoms with E-state index < -0.39 is 0 Å². The van der Waals surface area contributed by atoms with Crippen LogP contribution in [0.4, 0.5) is 0 Å². The van der Waals surface area contributed by atoms with E-state index in [1.54, 1.807) is 0 Å². The topological polar surface area (TPSA) is 58.4 Å². The van der Waals surface area contributed by atoms with E-state index in [2.05, 4.69) is 55.2 Å². The van der Waals surface area contributed by atoms with Crippen LogP contribution in [0.25, 0.3) is 5.69 Å². The Morgan fingerprint density at radius 1 is 1.38 bits per heavy atom. The van der Waals surface area contributed by atoms with Crippen molar-refractivity contribution in [1.82, 2.24) is 14.7 Å². The number of nitrogens with zero attached hydrogens (tertiary/aromatic N) is 3. The molecule has 1 aromatic heterocycles. The van der Waals surface area contributed by atoms with E-state index in [4.69, 9.17) is 9.90 Å². The summed E-state index contributed by atoms with van der Waals surface area (Å²) in [5.41, 5.74) is 3.01. The van der Waals surface area contributed by atoms with Gasteiger partial charge in [0.05, 0.1) is 5.69 Å². The molecule has 2 aromatic rings. The lowest BCUT2D eigenvalue weighted by molar-refractivity contribution is -0.122. The molecule has 24 heavy (non-hydrogen) atoms. The Morgan fingerprint density at radius 2 is 2.04 bits per heavy atom. The number of hydrogen-bond donors (Lipinski definition) is 1. The average Bonchev–Trinajstić information content (AvgIpc) is 3.18. The van der Waals surface area contributed by atoms with E-state index in [0.717, 1.165) is 18.3 Å². The summed E-state index contributed by atoms with van der Waals surface area (Å²) >= 11 is 0. The van der Waals surface area contributed by atoms with Crippen molar-refractivity contribution in [2.75, 3.05) is 7.05 Å². The van der Waals surface area contributed by atoms with E-state index in [0.29, 0.717) is 5.41 Å². The monoisotopic (exact) mass is 329 g/mol. The van der Waals surface area contributed by atoms with Crippen molar-refractivity contribution in [1.29, 1.82) is 0 Å². The minimum absolute atomic E-state index is 0.250. The molecule has 130 valence electrons. The highest BCUT2D eigenvalue weighted by Gasteiger charge is 2.32. The van der Waals surface area contributed by atoms with Gasteiger partial charge in [0, 0.05) is 25.0 Å². The Hall–Kier alpha value is -2.14. The van der Waals surface area contributed by atoms with Crippen LogP contribution < -0.4 is 0 Å². The molecular weight excluding hydrogens is 302 g/mol. The van der Waals surface area contributed by atoms with Crippen LogP contribution in [0.5, 0.6) is 0 Å². The van der Waals surface area contributed by atoms with Gasteiger partial charge in [-0.05, 0) is 55.5 Å². The summed E-state index contributed by atoms with van der Waals surface area (Å²) in [5, 5.41) is 11.2. The second-order valence-electron chi connectivity index (χ2n) is 7.20. The summed E-state index contributed by atoms with van der Waals surface area (Å²) in [6.07, 6.45) is 7.77. The summed E-state index contributed by atoms with van der Waals surface area (Å²) in [7, 11) is 2.26. The molecule has 0 saturated heterocycles. The van der Waals surface area contributed by atoms with E-state index in [1.807, 2.05) is 23.1 Å². The first-order valence-corrected chi connectivity index (χ1v) is 8.32. The first-order valence-electron chi connectivity index (χ1n) is 8.32. The third-order valence-electron chi connectivity index (χ3n) is 4.70. The molecule has 0 spiro atoms. The second kappa shape index (κ2) is 8.11. The van der Waals surface area contributed by atoms with Crippen LogP contribution in [-0.2, 0) is 11.3 Å². The normalized spacial score (nSPS) is 18.9. The van der Waals surface area contributed by atoms with Gasteiger partial charge >= 0.3 is 0 Å². The zero-order valence-electron chi connectivity index (χ0n) is 14.7. The van der Waals surface area contributed by atoms with Crippen molar-refractivity contribution in [3.63, 3.8) is 0 Å². The molecule has 0 radical (unpaired) electrons. The van der Waals surface area contributed by atoms with Gasteiger partial charge < -0.3 is 5.11 Å². The van der Waals surface area contributed by atoms with Crippen molar-refractivity contribution in [3.05, 3.63) is 48.3 Å². The minimum Gasteiger partial charge on any atom is -0.483 e. The van der Waals surface area contributed by atoms with Crippen LogP contribution in [0.2, 0.25) is 0 Å². The van der Waals surface area contributed by atoms with Gasteiger partial charge in [-0.3, -0.25) is 9.69 Å². The molecule has 1 aromatic carbocycles. The second-order valence-corrected chi connectivity index (χ2v) is 7.20. The predicted octanol–water partition coefficient (Wildman–Crippen LogP) is 3.58. The lowest BCUT2D eigenvalue weighted by atomic mass is 9.91. The van der Waals surface area contributed by atoms with Crippen molar-refractivity contribution in [3.8, 4) is 5.69 Å². The number of aromatic nitrogens is 2. The fourth-order valence-corrected chi connectivity index (χ4v) is 3.37. The highest BCUT2D eigenvalue weighted by Crippen LogP contribution is 2.39. The van der Waals surface area contributed by atoms with Crippen molar-refractivity contribution in [2.24, 2.45) is 5.41 Å². The zero-order valence-corrected chi connectivity index (χ0v) is 14.7. The molecule has 3 rings (SSSR count). The van der Waals surface area contributed by atoms with Crippen LogP contribution in [0, 0.1) is 5.41 Å². The standard InChI is InChI=1S/C18H25N3.CH2O2/c1-18(2)10-9-17(13-18)20(3)14-15-5-7-16(8-6-15)21-12-4-11-19-21;2-1-3/h4-8,11-12,17H,9-10,13-14H2,1-3H3;1H,(H,2,3). The quantitative estimate of drug-likeness (QED) is 0.871. The SMILES string of the molecule is CN(Cc1ccc(-n2cccn2)cc1)C1CCC(C)(C)C1.O=CO. The highest BCUT2D eigenvalue weighted by molar-refractivity contribution is 5.33. The molecule has 1 N–H and O–H groups in total. The smallest absolute Gasteiger partial charge is 0.290 e. The molecule has 1 aliphatic carbocycles. The first kappa shape index (κ1) is 18.2. The molecule has 1 fully saturated rings. The van der Waals surface area contributed by atoms with E-state index in [9.17, 15) is 0 Å². The summed E-state index contributed by atoms with van der Waals surface area (Å²) in [6.45, 7) is 5.56. The number of rotatable bonds is 4. The predicted molar refractivity (Wildman–Crippen MR) is 95.1 cm³/mol. The van der Waals surface area contributed by atoms with Crippen molar-refractivity contribution in [2.45, 2.75) is 45.7 Å². The van der Waals surface area contributed by atoms with Crippen molar-refractivity contribution >= 4 is 6.47 Å². The van der Waals surface area contributed by atoms with Gasteiger partial charge in [-0.15, -0.1) is 0 Å². The average molecular weight is 329 g/mol. The van der Waals surface area contributed by atoms with Crippen molar-refractivity contribution < 1.29 is 9.90 Å². The summed E-state index contributed by atoms with van der Waals surface area (Å²) in [6, 6.07) is 11.4. The minimum atomic E-state index is -0.250. The molecular formula is C19H27N3O2. The number of carbonyl (C=O) groups is 1. The number of hydrogen-bond acceptors (Lipinski definition) is 3. The molecule has 1 aliphatic rings. The van der Waals surface area contributed by atoms with Crippen LogP contribution in [0.15, 0.2) is 42.7 Å². The Morgan fingerprint density at radius 3 is 2.54 bits per heavy atom. The van der Waals surface area contributed by atoms with Gasteiger partial charge in [-0.25, -0.2) is 4.68 Å². The Kier molecular flexibility index (Phi) is 6.15. The molecule has 5 heteroatoms. The molecule has 5 nitrogen and oxygen atoms in total. The van der Waals surface area contributed by atoms with Crippen LogP contribution >= 0.6 is 0 Å². The maximum Gasteiger partial charge on any atom is 0.290 e. The van der Waals surface area contributed by atoms with Gasteiger partial charge in [0.2, 0.25) is 0 Å². The van der Waals surface area contributed by atoms with E-state index in [-0.39, 0.29) is 6.47 Å². The number of carboxylic acid groups (broad SMARTS) is 1. The maximum atomic E-state index is 8.36. The third kappa shape index (κ3) is 4.93. The fourth-order valence-electron chi connectivity index (χ4n) is 3.37. The maximum absolute atomic E-state index is 8.36. The van der Waals surface area contributed by atoms with Gasteiger partial charge in [0.1, 0.15) is 0 Å². The zero-order chi connectivity index (χ0) is 17.6. The Labute approximate surface area is 143 Å².